The molecule has 8 nitrogen and oxygen atoms in total. The second kappa shape index (κ2) is 10.2. The Morgan fingerprint density at radius 3 is 2.51 bits per heavy atom. The highest BCUT2D eigenvalue weighted by molar-refractivity contribution is 5.26. The predicted octanol–water partition coefficient (Wildman–Crippen LogP) is 3.54. The van der Waals surface area contributed by atoms with Crippen LogP contribution in [-0.4, -0.2) is 82.3 Å². The lowest BCUT2D eigenvalue weighted by atomic mass is 9.47. The van der Waals surface area contributed by atoms with Gasteiger partial charge in [-0.05, 0) is 91.8 Å². The first-order valence-corrected chi connectivity index (χ1v) is 16.5. The topological polar surface area (TPSA) is 118 Å². The largest absolute Gasteiger partial charge is 0.394 e. The fourth-order valence-corrected chi connectivity index (χ4v) is 11.1. The van der Waals surface area contributed by atoms with Crippen LogP contribution >= 0.6 is 0 Å². The first-order chi connectivity index (χ1) is 19.5. The number of rotatable bonds is 3. The summed E-state index contributed by atoms with van der Waals surface area (Å²) in [4.78, 5) is 0. The molecule has 4 aliphatic carbocycles. The minimum atomic E-state index is -1.41. The number of allylic oxidation sites excluding steroid dienone is 1. The maximum absolute atomic E-state index is 10.5. The van der Waals surface area contributed by atoms with Gasteiger partial charge in [-0.1, -0.05) is 39.3 Å². The maximum Gasteiger partial charge on any atom is 0.186 e. The second-order valence-electron chi connectivity index (χ2n) is 15.5. The van der Waals surface area contributed by atoms with Crippen LogP contribution in [0.2, 0.25) is 0 Å². The molecule has 3 heterocycles. The highest BCUT2D eigenvalue weighted by atomic mass is 16.7. The van der Waals surface area contributed by atoms with Crippen LogP contribution in [0.5, 0.6) is 0 Å². The Balaban J connectivity index is 1.05. The van der Waals surface area contributed by atoms with Gasteiger partial charge < -0.3 is 39.4 Å². The summed E-state index contributed by atoms with van der Waals surface area (Å²) >= 11 is 0. The van der Waals surface area contributed by atoms with Crippen LogP contribution in [0.15, 0.2) is 11.6 Å². The Kier molecular flexibility index (Phi) is 7.27. The van der Waals surface area contributed by atoms with Gasteiger partial charge >= 0.3 is 0 Å². The lowest BCUT2D eigenvalue weighted by Gasteiger charge is -2.58. The Hall–Kier alpha value is -0.580. The van der Waals surface area contributed by atoms with Crippen molar-refractivity contribution in [2.24, 2.45) is 46.3 Å². The highest BCUT2D eigenvalue weighted by Crippen LogP contribution is 2.70. The maximum atomic E-state index is 10.5. The lowest BCUT2D eigenvalue weighted by molar-refractivity contribution is -0.313. The van der Waals surface area contributed by atoms with E-state index in [1.54, 1.807) is 0 Å². The van der Waals surface area contributed by atoms with Gasteiger partial charge in [0.1, 0.15) is 24.4 Å². The third kappa shape index (κ3) is 4.29. The minimum absolute atomic E-state index is 0.129. The van der Waals surface area contributed by atoms with Crippen LogP contribution in [0, 0.1) is 46.3 Å². The quantitative estimate of drug-likeness (QED) is 0.377. The van der Waals surface area contributed by atoms with Crippen molar-refractivity contribution in [1.29, 1.82) is 0 Å². The monoisotopic (exact) mass is 576 g/mol. The van der Waals surface area contributed by atoms with Gasteiger partial charge in [0, 0.05) is 12.3 Å². The lowest BCUT2D eigenvalue weighted by Crippen LogP contribution is -2.60. The van der Waals surface area contributed by atoms with Crippen molar-refractivity contribution in [3.63, 3.8) is 0 Å². The van der Waals surface area contributed by atoms with Gasteiger partial charge in [-0.15, -0.1) is 0 Å². The molecule has 3 saturated heterocycles. The van der Waals surface area contributed by atoms with Crippen LogP contribution < -0.4 is 0 Å². The molecule has 0 aromatic rings. The van der Waals surface area contributed by atoms with Gasteiger partial charge in [0.25, 0.3) is 0 Å². The molecule has 3 saturated carbocycles. The van der Waals surface area contributed by atoms with Crippen LogP contribution in [0.25, 0.3) is 0 Å². The van der Waals surface area contributed by atoms with E-state index in [1.165, 1.54) is 24.8 Å². The molecule has 7 aliphatic rings. The zero-order valence-corrected chi connectivity index (χ0v) is 25.3. The molecule has 4 N–H and O–H groups in total. The van der Waals surface area contributed by atoms with Crippen LogP contribution in [0.4, 0.5) is 0 Å². The summed E-state index contributed by atoms with van der Waals surface area (Å²) in [6, 6.07) is 0. The Labute approximate surface area is 244 Å². The minimum Gasteiger partial charge on any atom is -0.394 e. The van der Waals surface area contributed by atoms with E-state index in [4.69, 9.17) is 18.9 Å². The standard InChI is InChI=1S/C33H52O8/c1-17-7-12-33(38-16-17)18(2)26-24(41-33)14-23-21-6-5-19-13-20(8-10-31(19,3)22(21)9-11-32(23,26)4)39-30-29(37)28(36)27(35)25(15-34)40-30/h5,17-18,20-30,34-37H,6-16H2,1-4H3/t17-,18+,20+,21-,22+,23+,24+,25-,26+,27-,28+,29-,30+,31+,32+,33-/m1/s1. The van der Waals surface area contributed by atoms with Gasteiger partial charge in [-0.3, -0.25) is 0 Å². The Morgan fingerprint density at radius 2 is 1.78 bits per heavy atom. The second-order valence-corrected chi connectivity index (χ2v) is 15.5. The Morgan fingerprint density at radius 1 is 0.976 bits per heavy atom. The highest BCUT2D eigenvalue weighted by Gasteiger charge is 2.68. The summed E-state index contributed by atoms with van der Waals surface area (Å²) in [6.07, 6.45) is 6.24. The third-order valence-electron chi connectivity index (χ3n) is 13.5. The predicted molar refractivity (Wildman–Crippen MR) is 150 cm³/mol. The van der Waals surface area contributed by atoms with Crippen molar-refractivity contribution >= 4 is 0 Å². The van der Waals surface area contributed by atoms with E-state index in [0.717, 1.165) is 45.1 Å². The average molecular weight is 577 g/mol. The summed E-state index contributed by atoms with van der Waals surface area (Å²) in [7, 11) is 0. The number of hydrogen-bond acceptors (Lipinski definition) is 8. The zero-order valence-electron chi connectivity index (χ0n) is 25.3. The normalized spacial score (nSPS) is 58.3. The van der Waals surface area contributed by atoms with E-state index < -0.39 is 37.3 Å². The fraction of sp³-hybridized carbons (Fsp3) is 0.939. The average Bonchev–Trinajstić information content (AvgIpc) is 3.40. The van der Waals surface area contributed by atoms with Crippen molar-refractivity contribution in [2.45, 2.75) is 134 Å². The SMILES string of the molecule is C[C@@H]1CC[C@@]2(OC1)O[C@H]1C[C@H]3[C@@H]4CC=C5C[C@@H](O[C@H]6O[C@H](CO)[C@@H](O)[C@H](O)[C@H]6O)CC[C@]5(C)[C@H]4CC[C@]3(C)[C@H]1[C@@H]2C. The van der Waals surface area contributed by atoms with Crippen molar-refractivity contribution in [2.75, 3.05) is 13.2 Å². The molecule has 0 aromatic heterocycles. The molecule has 0 amide bonds. The van der Waals surface area contributed by atoms with E-state index in [0.29, 0.717) is 47.0 Å². The number of aliphatic hydroxyl groups is 4. The first-order valence-electron chi connectivity index (χ1n) is 16.5. The van der Waals surface area contributed by atoms with Crippen molar-refractivity contribution in [3.8, 4) is 0 Å². The van der Waals surface area contributed by atoms with E-state index in [-0.39, 0.29) is 17.3 Å². The summed E-state index contributed by atoms with van der Waals surface area (Å²) in [5, 5.41) is 40.4. The Bertz CT molecular complexity index is 1020. The molecule has 3 aliphatic heterocycles. The molecule has 0 bridgehead atoms. The van der Waals surface area contributed by atoms with Crippen molar-refractivity contribution in [1.82, 2.24) is 0 Å². The van der Waals surface area contributed by atoms with Crippen LogP contribution in [0.3, 0.4) is 0 Å². The fourth-order valence-electron chi connectivity index (χ4n) is 11.1. The third-order valence-corrected chi connectivity index (χ3v) is 13.5. The number of hydrogen-bond donors (Lipinski definition) is 4. The summed E-state index contributed by atoms with van der Waals surface area (Å²) in [6.45, 7) is 10.1. The van der Waals surface area contributed by atoms with Crippen LogP contribution in [0.1, 0.15) is 85.5 Å². The zero-order chi connectivity index (χ0) is 28.9. The molecular formula is C33H52O8. The van der Waals surface area contributed by atoms with Crippen LogP contribution in [-0.2, 0) is 18.9 Å². The molecule has 7 rings (SSSR count). The molecule has 1 spiro atoms. The molecule has 16 atom stereocenters. The summed E-state index contributed by atoms with van der Waals surface area (Å²) in [5.41, 5.74) is 1.91. The van der Waals surface area contributed by atoms with Crippen molar-refractivity contribution in [3.05, 3.63) is 11.6 Å². The molecule has 6 fully saturated rings. The van der Waals surface area contributed by atoms with Gasteiger partial charge in [0.15, 0.2) is 12.1 Å². The molecule has 8 heteroatoms. The van der Waals surface area contributed by atoms with Gasteiger partial charge in [0.2, 0.25) is 0 Å². The molecular weight excluding hydrogens is 524 g/mol. The molecule has 0 unspecified atom stereocenters. The number of ether oxygens (including phenoxy) is 4. The summed E-state index contributed by atoms with van der Waals surface area (Å²) < 4.78 is 25.3. The molecule has 0 aromatic carbocycles. The van der Waals surface area contributed by atoms with E-state index in [1.807, 2.05) is 0 Å². The van der Waals surface area contributed by atoms with Gasteiger partial charge in [0.05, 0.1) is 25.4 Å². The molecule has 232 valence electrons. The first kappa shape index (κ1) is 29.1. The van der Waals surface area contributed by atoms with E-state index in [9.17, 15) is 20.4 Å². The number of aliphatic hydroxyl groups excluding tert-OH is 4. The van der Waals surface area contributed by atoms with Crippen molar-refractivity contribution < 1.29 is 39.4 Å². The smallest absolute Gasteiger partial charge is 0.186 e. The summed E-state index contributed by atoms with van der Waals surface area (Å²) in [5.74, 6) is 3.28. The molecule has 0 radical (unpaired) electrons. The van der Waals surface area contributed by atoms with E-state index in [2.05, 4.69) is 33.8 Å². The number of fused-ring (bicyclic) bond motifs is 7. The van der Waals surface area contributed by atoms with Gasteiger partial charge in [-0.25, -0.2) is 0 Å². The van der Waals surface area contributed by atoms with Gasteiger partial charge in [-0.2, -0.15) is 0 Å². The molecule has 41 heavy (non-hydrogen) atoms. The van der Waals surface area contributed by atoms with E-state index >= 15 is 0 Å².